The van der Waals surface area contributed by atoms with Crippen LogP contribution in [0, 0.1) is 24.1 Å². The van der Waals surface area contributed by atoms with Crippen LogP contribution in [0.3, 0.4) is 0 Å². The standard InChI is InChI=1S/C22H22FN7O2.C2H6/c1-14-12-26-22(27-13-14)29-6-4-17(5-7-29)32-20-9-21(31)30(28-19(20)11-25)16-3-2-15(10-24)18(23)8-16;1-2/h2-3,8-9,12-13,17H,4-7,11,25H2,1H3;1-2H3. The number of piperidine rings is 1. The van der Waals surface area contributed by atoms with Crippen molar-refractivity contribution >= 4 is 5.95 Å². The van der Waals surface area contributed by atoms with Crippen LogP contribution in [0.15, 0.2) is 41.5 Å². The van der Waals surface area contributed by atoms with Crippen molar-refractivity contribution in [1.82, 2.24) is 19.7 Å². The number of hydrogen-bond donors (Lipinski definition) is 1. The summed E-state index contributed by atoms with van der Waals surface area (Å²) in [5.41, 5.74) is 6.85. The molecule has 0 bridgehead atoms. The number of aryl methyl sites for hydroxylation is 1. The third-order valence-electron chi connectivity index (χ3n) is 5.27. The number of ether oxygens (including phenoxy) is 1. The monoisotopic (exact) mass is 465 g/mol. The van der Waals surface area contributed by atoms with E-state index in [0.717, 1.165) is 42.2 Å². The summed E-state index contributed by atoms with van der Waals surface area (Å²) in [4.78, 5) is 23.5. The highest BCUT2D eigenvalue weighted by atomic mass is 19.1. The van der Waals surface area contributed by atoms with Gasteiger partial charge in [0.05, 0.1) is 11.3 Å². The number of anilines is 1. The molecule has 0 radical (unpaired) electrons. The van der Waals surface area contributed by atoms with Gasteiger partial charge in [0, 0.05) is 57.0 Å². The Morgan fingerprint density at radius 2 is 1.88 bits per heavy atom. The van der Waals surface area contributed by atoms with Crippen LogP contribution >= 0.6 is 0 Å². The van der Waals surface area contributed by atoms with E-state index in [1.165, 1.54) is 18.2 Å². The van der Waals surface area contributed by atoms with Crippen LogP contribution < -0.4 is 20.9 Å². The van der Waals surface area contributed by atoms with Crippen LogP contribution in [0.4, 0.5) is 10.3 Å². The maximum absolute atomic E-state index is 14.0. The Balaban J connectivity index is 0.00000158. The van der Waals surface area contributed by atoms with Gasteiger partial charge in [-0.15, -0.1) is 0 Å². The molecule has 178 valence electrons. The number of benzene rings is 1. The first-order valence-corrected chi connectivity index (χ1v) is 11.2. The zero-order valence-electron chi connectivity index (χ0n) is 19.5. The molecule has 1 aliphatic heterocycles. The molecular weight excluding hydrogens is 437 g/mol. The van der Waals surface area contributed by atoms with Crippen LogP contribution in [-0.2, 0) is 6.54 Å². The van der Waals surface area contributed by atoms with E-state index in [1.54, 1.807) is 18.5 Å². The summed E-state index contributed by atoms with van der Waals surface area (Å²) < 4.78 is 21.1. The van der Waals surface area contributed by atoms with E-state index in [4.69, 9.17) is 15.7 Å². The van der Waals surface area contributed by atoms with Crippen molar-refractivity contribution in [3.05, 3.63) is 69.7 Å². The maximum atomic E-state index is 14.0. The Morgan fingerprint density at radius 3 is 2.47 bits per heavy atom. The highest BCUT2D eigenvalue weighted by Crippen LogP contribution is 2.23. The molecule has 1 saturated heterocycles. The molecule has 10 heteroatoms. The van der Waals surface area contributed by atoms with Crippen LogP contribution in [-0.4, -0.2) is 38.9 Å². The zero-order valence-corrected chi connectivity index (χ0v) is 19.5. The Kier molecular flexibility index (Phi) is 8.27. The van der Waals surface area contributed by atoms with Gasteiger partial charge in [0.25, 0.3) is 5.56 Å². The largest absolute Gasteiger partial charge is 0.488 e. The van der Waals surface area contributed by atoms with Gasteiger partial charge in [0.15, 0.2) is 0 Å². The van der Waals surface area contributed by atoms with E-state index in [0.29, 0.717) is 17.4 Å². The molecule has 0 spiro atoms. The van der Waals surface area contributed by atoms with Crippen molar-refractivity contribution in [2.75, 3.05) is 18.0 Å². The van der Waals surface area contributed by atoms with Gasteiger partial charge in [-0.1, -0.05) is 13.8 Å². The molecule has 0 atom stereocenters. The third-order valence-corrected chi connectivity index (χ3v) is 5.27. The fourth-order valence-corrected chi connectivity index (χ4v) is 3.53. The molecule has 4 rings (SSSR count). The van der Waals surface area contributed by atoms with E-state index in [1.807, 2.05) is 20.8 Å². The Bertz CT molecular complexity index is 1210. The van der Waals surface area contributed by atoms with Gasteiger partial charge in [-0.25, -0.2) is 14.4 Å². The summed E-state index contributed by atoms with van der Waals surface area (Å²) in [5, 5.41) is 13.2. The second-order valence-corrected chi connectivity index (χ2v) is 7.55. The van der Waals surface area contributed by atoms with Crippen molar-refractivity contribution < 1.29 is 9.13 Å². The lowest BCUT2D eigenvalue weighted by atomic mass is 10.1. The number of nitrogens with two attached hydrogens (primary N) is 1. The Morgan fingerprint density at radius 1 is 1.21 bits per heavy atom. The predicted octanol–water partition coefficient (Wildman–Crippen LogP) is 2.87. The molecule has 0 saturated carbocycles. The second kappa shape index (κ2) is 11.3. The van der Waals surface area contributed by atoms with Gasteiger partial charge in [-0.05, 0) is 24.6 Å². The molecule has 1 aliphatic rings. The third kappa shape index (κ3) is 5.55. The van der Waals surface area contributed by atoms with Crippen molar-refractivity contribution in [2.24, 2.45) is 5.73 Å². The van der Waals surface area contributed by atoms with E-state index in [9.17, 15) is 9.18 Å². The van der Waals surface area contributed by atoms with Crippen LogP contribution in [0.5, 0.6) is 5.75 Å². The molecule has 3 heterocycles. The van der Waals surface area contributed by atoms with Crippen molar-refractivity contribution in [1.29, 1.82) is 5.26 Å². The van der Waals surface area contributed by atoms with Gasteiger partial charge < -0.3 is 15.4 Å². The van der Waals surface area contributed by atoms with Crippen molar-refractivity contribution in [2.45, 2.75) is 46.3 Å². The molecule has 3 aromatic rings. The summed E-state index contributed by atoms with van der Waals surface area (Å²) >= 11 is 0. The first-order valence-electron chi connectivity index (χ1n) is 11.2. The quantitative estimate of drug-likeness (QED) is 0.610. The van der Waals surface area contributed by atoms with Gasteiger partial charge in [-0.2, -0.15) is 15.0 Å². The summed E-state index contributed by atoms with van der Waals surface area (Å²) in [6.07, 6.45) is 4.93. The smallest absolute Gasteiger partial charge is 0.275 e. The first-order chi connectivity index (χ1) is 16.5. The topological polar surface area (TPSA) is 123 Å². The minimum absolute atomic E-state index is 0.0461. The van der Waals surface area contributed by atoms with Crippen LogP contribution in [0.2, 0.25) is 0 Å². The van der Waals surface area contributed by atoms with E-state index in [2.05, 4.69) is 20.0 Å². The average Bonchev–Trinajstić information content (AvgIpc) is 2.86. The molecule has 2 aromatic heterocycles. The van der Waals surface area contributed by atoms with Crippen molar-refractivity contribution in [3.63, 3.8) is 0 Å². The number of hydrogen-bond acceptors (Lipinski definition) is 8. The Hall–Kier alpha value is -3.84. The van der Waals surface area contributed by atoms with Crippen molar-refractivity contribution in [3.8, 4) is 17.5 Å². The van der Waals surface area contributed by atoms with Crippen LogP contribution in [0.1, 0.15) is 43.5 Å². The minimum Gasteiger partial charge on any atom is -0.488 e. The molecule has 1 fully saturated rings. The van der Waals surface area contributed by atoms with Gasteiger partial charge >= 0.3 is 0 Å². The normalized spacial score (nSPS) is 13.6. The molecule has 2 N–H and O–H groups in total. The lowest BCUT2D eigenvalue weighted by Crippen LogP contribution is -2.39. The molecule has 0 amide bonds. The lowest BCUT2D eigenvalue weighted by molar-refractivity contribution is 0.167. The number of rotatable bonds is 5. The summed E-state index contributed by atoms with van der Waals surface area (Å²) in [7, 11) is 0. The van der Waals surface area contributed by atoms with Gasteiger partial charge in [0.2, 0.25) is 5.95 Å². The number of halogens is 1. The SMILES string of the molecule is CC.Cc1cnc(N2CCC(Oc3cc(=O)n(-c4ccc(C#N)c(F)c4)nc3CN)CC2)nc1. The highest BCUT2D eigenvalue weighted by Gasteiger charge is 2.24. The summed E-state index contributed by atoms with van der Waals surface area (Å²) in [6.45, 7) is 7.43. The number of nitriles is 1. The zero-order chi connectivity index (χ0) is 24.7. The molecule has 34 heavy (non-hydrogen) atoms. The summed E-state index contributed by atoms with van der Waals surface area (Å²) in [5.74, 6) is 0.293. The lowest BCUT2D eigenvalue weighted by Gasteiger charge is -2.32. The van der Waals surface area contributed by atoms with Gasteiger partial charge in [-0.3, -0.25) is 4.79 Å². The molecule has 1 aromatic carbocycles. The molecule has 0 unspecified atom stereocenters. The summed E-state index contributed by atoms with van der Waals surface area (Å²) in [6, 6.07) is 6.92. The first kappa shape index (κ1) is 24.8. The fourth-order valence-electron chi connectivity index (χ4n) is 3.53. The van der Waals surface area contributed by atoms with E-state index in [-0.39, 0.29) is 23.9 Å². The predicted molar refractivity (Wildman–Crippen MR) is 126 cm³/mol. The van der Waals surface area contributed by atoms with Gasteiger partial charge in [0.1, 0.15) is 29.4 Å². The number of aromatic nitrogens is 4. The highest BCUT2D eigenvalue weighted by molar-refractivity contribution is 5.41. The fraction of sp³-hybridized carbons (Fsp3) is 0.375. The van der Waals surface area contributed by atoms with E-state index >= 15 is 0 Å². The number of nitrogens with zero attached hydrogens (tertiary/aromatic N) is 6. The Labute approximate surface area is 197 Å². The minimum atomic E-state index is -0.724. The molecular formula is C24H28FN7O2. The van der Waals surface area contributed by atoms with Crippen LogP contribution in [0.25, 0.3) is 5.69 Å². The molecule has 9 nitrogen and oxygen atoms in total. The maximum Gasteiger partial charge on any atom is 0.275 e. The second-order valence-electron chi connectivity index (χ2n) is 7.55. The average molecular weight is 466 g/mol. The molecule has 0 aliphatic carbocycles. The van der Waals surface area contributed by atoms with E-state index < -0.39 is 11.4 Å².